The molecule has 0 bridgehead atoms. The number of hydrogen-bond acceptors (Lipinski definition) is 2. The second kappa shape index (κ2) is 6.12. The van der Waals surface area contributed by atoms with Gasteiger partial charge in [-0.15, -0.1) is 0 Å². The molecule has 0 amide bonds. The van der Waals surface area contributed by atoms with Gasteiger partial charge in [-0.05, 0) is 36.2 Å². The number of carbonyl (C=O) groups excluding carboxylic acids is 1. The van der Waals surface area contributed by atoms with E-state index >= 15 is 0 Å². The number of ketones is 1. The lowest BCUT2D eigenvalue weighted by molar-refractivity contribution is 0.0925. The van der Waals surface area contributed by atoms with Crippen molar-refractivity contribution in [3.63, 3.8) is 0 Å². The van der Waals surface area contributed by atoms with Crippen molar-refractivity contribution in [2.45, 2.75) is 13.3 Å². The van der Waals surface area contributed by atoms with Crippen molar-refractivity contribution in [3.05, 3.63) is 71.0 Å². The van der Waals surface area contributed by atoms with Crippen LogP contribution in [0.1, 0.15) is 28.4 Å². The molecule has 0 saturated heterocycles. The zero-order valence-electron chi connectivity index (χ0n) is 11.1. The van der Waals surface area contributed by atoms with Gasteiger partial charge in [-0.2, -0.15) is 5.26 Å². The van der Waals surface area contributed by atoms with E-state index in [4.69, 9.17) is 5.26 Å². The van der Waals surface area contributed by atoms with Gasteiger partial charge in [0, 0.05) is 5.92 Å². The van der Waals surface area contributed by atoms with E-state index < -0.39 is 5.82 Å². The molecule has 2 rings (SSSR count). The van der Waals surface area contributed by atoms with E-state index in [0.717, 1.165) is 5.56 Å². The number of rotatable bonds is 4. The summed E-state index contributed by atoms with van der Waals surface area (Å²) >= 11 is 0. The molecule has 100 valence electrons. The van der Waals surface area contributed by atoms with E-state index in [1.54, 1.807) is 31.2 Å². The molecule has 0 radical (unpaired) electrons. The molecule has 0 aliphatic rings. The zero-order chi connectivity index (χ0) is 14.5. The lowest BCUT2D eigenvalue weighted by Crippen LogP contribution is -2.15. The Bertz CT molecular complexity index is 655. The predicted molar refractivity (Wildman–Crippen MR) is 74.8 cm³/mol. The van der Waals surface area contributed by atoms with Gasteiger partial charge >= 0.3 is 0 Å². The van der Waals surface area contributed by atoms with Crippen LogP contribution in [0.15, 0.2) is 48.5 Å². The van der Waals surface area contributed by atoms with Crippen LogP contribution in [-0.4, -0.2) is 5.78 Å². The van der Waals surface area contributed by atoms with Gasteiger partial charge in [-0.25, -0.2) is 4.39 Å². The van der Waals surface area contributed by atoms with Crippen LogP contribution >= 0.6 is 0 Å². The van der Waals surface area contributed by atoms with Crippen molar-refractivity contribution in [2.24, 2.45) is 5.92 Å². The van der Waals surface area contributed by atoms with Gasteiger partial charge in [-0.3, -0.25) is 4.79 Å². The minimum absolute atomic E-state index is 0.133. The standard InChI is InChI=1S/C17H14FNO/c1-12(10-13-6-8-14(11-19)9-7-13)17(20)15-4-2-3-5-16(15)18/h2-9,12H,10H2,1H3. The quantitative estimate of drug-likeness (QED) is 0.791. The van der Waals surface area contributed by atoms with Gasteiger partial charge in [0.1, 0.15) is 5.82 Å². The molecule has 1 unspecified atom stereocenters. The molecule has 0 aliphatic heterocycles. The number of nitrogens with zero attached hydrogens (tertiary/aromatic N) is 1. The summed E-state index contributed by atoms with van der Waals surface area (Å²) in [6, 6.07) is 15.2. The summed E-state index contributed by atoms with van der Waals surface area (Å²) < 4.78 is 13.6. The van der Waals surface area contributed by atoms with Crippen LogP contribution in [0.3, 0.4) is 0 Å². The molecule has 2 nitrogen and oxygen atoms in total. The van der Waals surface area contributed by atoms with Gasteiger partial charge in [0.25, 0.3) is 0 Å². The minimum atomic E-state index is -0.482. The average molecular weight is 267 g/mol. The molecule has 20 heavy (non-hydrogen) atoms. The van der Waals surface area contributed by atoms with Crippen LogP contribution in [0.25, 0.3) is 0 Å². The Kier molecular flexibility index (Phi) is 4.27. The first kappa shape index (κ1) is 14.0. The Morgan fingerprint density at radius 2 is 1.85 bits per heavy atom. The topological polar surface area (TPSA) is 40.9 Å². The van der Waals surface area contributed by atoms with Crippen molar-refractivity contribution in [1.82, 2.24) is 0 Å². The number of hydrogen-bond donors (Lipinski definition) is 0. The van der Waals surface area contributed by atoms with E-state index in [1.165, 1.54) is 12.1 Å². The first-order valence-electron chi connectivity index (χ1n) is 6.39. The molecule has 0 aliphatic carbocycles. The average Bonchev–Trinajstić information content (AvgIpc) is 2.48. The Hall–Kier alpha value is -2.47. The predicted octanol–water partition coefficient (Wildman–Crippen LogP) is 3.76. The van der Waals surface area contributed by atoms with Crippen LogP contribution in [0, 0.1) is 23.1 Å². The highest BCUT2D eigenvalue weighted by Crippen LogP contribution is 2.17. The fraction of sp³-hybridized carbons (Fsp3) is 0.176. The highest BCUT2D eigenvalue weighted by atomic mass is 19.1. The fourth-order valence-corrected chi connectivity index (χ4v) is 2.09. The second-order valence-electron chi connectivity index (χ2n) is 4.76. The Morgan fingerprint density at radius 1 is 1.20 bits per heavy atom. The number of benzene rings is 2. The summed E-state index contributed by atoms with van der Waals surface area (Å²) in [6.45, 7) is 1.78. The SMILES string of the molecule is CC(Cc1ccc(C#N)cc1)C(=O)c1ccccc1F. The highest BCUT2D eigenvalue weighted by Gasteiger charge is 2.18. The summed E-state index contributed by atoms with van der Waals surface area (Å²) in [6.07, 6.45) is 0.527. The Balaban J connectivity index is 2.11. The van der Waals surface area contributed by atoms with Crippen LogP contribution in [0.2, 0.25) is 0 Å². The maximum atomic E-state index is 13.6. The van der Waals surface area contributed by atoms with Crippen LogP contribution in [0.5, 0.6) is 0 Å². The molecule has 0 heterocycles. The van der Waals surface area contributed by atoms with Gasteiger partial charge < -0.3 is 0 Å². The van der Waals surface area contributed by atoms with Crippen LogP contribution in [0.4, 0.5) is 4.39 Å². The highest BCUT2D eigenvalue weighted by molar-refractivity contribution is 5.98. The van der Waals surface area contributed by atoms with Crippen molar-refractivity contribution < 1.29 is 9.18 Å². The Morgan fingerprint density at radius 3 is 2.45 bits per heavy atom. The number of Topliss-reactive ketones (excluding diaryl/α,β-unsaturated/α-hetero) is 1. The molecule has 2 aromatic rings. The summed E-state index contributed by atoms with van der Waals surface area (Å²) in [7, 11) is 0. The number of halogens is 1. The van der Waals surface area contributed by atoms with Gasteiger partial charge in [0.2, 0.25) is 0 Å². The molecule has 0 fully saturated rings. The molecule has 0 saturated carbocycles. The molecule has 0 spiro atoms. The maximum Gasteiger partial charge on any atom is 0.168 e. The second-order valence-corrected chi connectivity index (χ2v) is 4.76. The van der Waals surface area contributed by atoms with Crippen molar-refractivity contribution in [3.8, 4) is 6.07 Å². The van der Waals surface area contributed by atoms with E-state index in [1.807, 2.05) is 18.2 Å². The molecule has 0 aromatic heterocycles. The van der Waals surface area contributed by atoms with Crippen LogP contribution in [-0.2, 0) is 6.42 Å². The summed E-state index contributed by atoms with van der Waals surface area (Å²) in [5, 5.41) is 8.73. The summed E-state index contributed by atoms with van der Waals surface area (Å²) in [5.41, 5.74) is 1.68. The van der Waals surface area contributed by atoms with Gasteiger partial charge in [-0.1, -0.05) is 31.2 Å². The number of nitriles is 1. The third-order valence-corrected chi connectivity index (χ3v) is 3.21. The first-order valence-corrected chi connectivity index (χ1v) is 6.39. The third kappa shape index (κ3) is 3.10. The van der Waals surface area contributed by atoms with Gasteiger partial charge in [0.15, 0.2) is 5.78 Å². The molecule has 0 N–H and O–H groups in total. The number of carbonyl (C=O) groups is 1. The largest absolute Gasteiger partial charge is 0.294 e. The molecular formula is C17H14FNO. The normalized spacial score (nSPS) is 11.7. The lowest BCUT2D eigenvalue weighted by atomic mass is 9.92. The van der Waals surface area contributed by atoms with Crippen molar-refractivity contribution in [1.29, 1.82) is 5.26 Å². The Labute approximate surface area is 117 Å². The van der Waals surface area contributed by atoms with Gasteiger partial charge in [0.05, 0.1) is 17.2 Å². The third-order valence-electron chi connectivity index (χ3n) is 3.21. The fourth-order valence-electron chi connectivity index (χ4n) is 2.09. The molecule has 3 heteroatoms. The summed E-state index contributed by atoms with van der Waals surface area (Å²) in [4.78, 5) is 12.2. The van der Waals surface area contributed by atoms with Crippen molar-refractivity contribution >= 4 is 5.78 Å². The van der Waals surface area contributed by atoms with E-state index in [9.17, 15) is 9.18 Å². The smallest absolute Gasteiger partial charge is 0.168 e. The zero-order valence-corrected chi connectivity index (χ0v) is 11.1. The van der Waals surface area contributed by atoms with E-state index in [0.29, 0.717) is 12.0 Å². The molecule has 2 aromatic carbocycles. The molecule has 1 atom stereocenters. The first-order chi connectivity index (χ1) is 9.61. The van der Waals surface area contributed by atoms with E-state index in [-0.39, 0.29) is 17.3 Å². The van der Waals surface area contributed by atoms with Crippen molar-refractivity contribution in [2.75, 3.05) is 0 Å². The monoisotopic (exact) mass is 267 g/mol. The molecular weight excluding hydrogens is 253 g/mol. The van der Waals surface area contributed by atoms with E-state index in [2.05, 4.69) is 0 Å². The van der Waals surface area contributed by atoms with Crippen LogP contribution < -0.4 is 0 Å². The lowest BCUT2D eigenvalue weighted by Gasteiger charge is -2.11. The summed E-state index contributed by atoms with van der Waals surface area (Å²) in [5.74, 6) is -0.989. The maximum absolute atomic E-state index is 13.6. The minimum Gasteiger partial charge on any atom is -0.294 e.